The Morgan fingerprint density at radius 3 is 2.38 bits per heavy atom. The van der Waals surface area contributed by atoms with Crippen molar-refractivity contribution in [3.63, 3.8) is 0 Å². The van der Waals surface area contributed by atoms with Gasteiger partial charge >= 0.3 is 0 Å². The number of piperidine rings is 1. The van der Waals surface area contributed by atoms with Crippen molar-refractivity contribution in [2.75, 3.05) is 13.1 Å². The Kier molecular flexibility index (Phi) is 3.83. The van der Waals surface area contributed by atoms with Crippen molar-refractivity contribution >= 4 is 17.5 Å². The molecule has 16 heavy (non-hydrogen) atoms. The number of carbonyl (C=O) groups is 1. The quantitative estimate of drug-likeness (QED) is 0.725. The second-order valence-electron chi connectivity index (χ2n) is 4.16. The molecule has 1 atom stereocenters. The van der Waals surface area contributed by atoms with Crippen molar-refractivity contribution in [1.82, 2.24) is 4.90 Å². The highest BCUT2D eigenvalue weighted by atomic mass is 35.5. The molecule has 1 fully saturated rings. The Hall–Kier alpha value is -1.02. The molecule has 1 saturated heterocycles. The standard InChI is InChI=1S/C13H16ClNO/c14-12(11-7-3-1-4-8-11)13(16)15-9-5-2-6-10-15/h1,3-4,7-8,12H,2,5-6,9-10H2/t12-/m0/s1. The maximum absolute atomic E-state index is 12.1. The summed E-state index contributed by atoms with van der Waals surface area (Å²) >= 11 is 6.20. The number of halogens is 1. The van der Waals surface area contributed by atoms with Gasteiger partial charge in [-0.25, -0.2) is 0 Å². The molecule has 0 aromatic heterocycles. The maximum Gasteiger partial charge on any atom is 0.245 e. The van der Waals surface area contributed by atoms with Gasteiger partial charge in [0.1, 0.15) is 5.38 Å². The first-order valence-electron chi connectivity index (χ1n) is 5.77. The van der Waals surface area contributed by atoms with E-state index in [4.69, 9.17) is 11.6 Å². The largest absolute Gasteiger partial charge is 0.341 e. The Labute approximate surface area is 101 Å². The minimum atomic E-state index is -0.528. The fourth-order valence-electron chi connectivity index (χ4n) is 2.04. The molecule has 1 aromatic rings. The summed E-state index contributed by atoms with van der Waals surface area (Å²) in [5, 5.41) is -0.528. The molecule has 0 spiro atoms. The lowest BCUT2D eigenvalue weighted by Gasteiger charge is -2.28. The molecule has 0 radical (unpaired) electrons. The molecule has 2 rings (SSSR count). The third-order valence-corrected chi connectivity index (χ3v) is 3.42. The molecule has 0 unspecified atom stereocenters. The first kappa shape index (κ1) is 11.5. The predicted octanol–water partition coefficient (Wildman–Crippen LogP) is 2.98. The third-order valence-electron chi connectivity index (χ3n) is 2.98. The van der Waals surface area contributed by atoms with Crippen LogP contribution in [0.25, 0.3) is 0 Å². The Morgan fingerprint density at radius 1 is 1.12 bits per heavy atom. The van der Waals surface area contributed by atoms with Crippen LogP contribution in [0.15, 0.2) is 30.3 Å². The van der Waals surface area contributed by atoms with Gasteiger partial charge in [-0.15, -0.1) is 11.6 Å². The first-order chi connectivity index (χ1) is 7.79. The normalized spacial score (nSPS) is 18.2. The summed E-state index contributed by atoms with van der Waals surface area (Å²) in [5.74, 6) is 0.0487. The molecule has 1 aliphatic rings. The Morgan fingerprint density at radius 2 is 1.75 bits per heavy atom. The van der Waals surface area contributed by atoms with Gasteiger partial charge in [-0.05, 0) is 24.8 Å². The van der Waals surface area contributed by atoms with E-state index < -0.39 is 5.38 Å². The van der Waals surface area contributed by atoms with Crippen LogP contribution < -0.4 is 0 Å². The molecule has 0 aliphatic carbocycles. The molecule has 86 valence electrons. The van der Waals surface area contributed by atoms with Gasteiger partial charge in [0, 0.05) is 13.1 Å². The number of rotatable bonds is 2. The number of benzene rings is 1. The van der Waals surface area contributed by atoms with E-state index in [1.807, 2.05) is 35.2 Å². The van der Waals surface area contributed by atoms with Crippen molar-refractivity contribution in [2.24, 2.45) is 0 Å². The number of carbonyl (C=O) groups excluding carboxylic acids is 1. The molecule has 1 amide bonds. The van der Waals surface area contributed by atoms with Crippen LogP contribution in [0.5, 0.6) is 0 Å². The van der Waals surface area contributed by atoms with Gasteiger partial charge in [-0.1, -0.05) is 30.3 Å². The molecule has 1 aromatic carbocycles. The van der Waals surface area contributed by atoms with Gasteiger partial charge in [-0.3, -0.25) is 4.79 Å². The lowest BCUT2D eigenvalue weighted by Crippen LogP contribution is -2.37. The van der Waals surface area contributed by atoms with Gasteiger partial charge in [0.15, 0.2) is 0 Å². The molecule has 3 heteroatoms. The van der Waals surface area contributed by atoms with Crippen LogP contribution in [0.2, 0.25) is 0 Å². The number of amides is 1. The van der Waals surface area contributed by atoms with Crippen LogP contribution in [-0.2, 0) is 4.79 Å². The molecule has 0 N–H and O–H groups in total. The van der Waals surface area contributed by atoms with Gasteiger partial charge in [-0.2, -0.15) is 0 Å². The van der Waals surface area contributed by atoms with Gasteiger partial charge in [0.05, 0.1) is 0 Å². The number of hydrogen-bond donors (Lipinski definition) is 0. The van der Waals surface area contributed by atoms with Gasteiger partial charge in [0.2, 0.25) is 5.91 Å². The van der Waals surface area contributed by atoms with E-state index in [2.05, 4.69) is 0 Å². The minimum absolute atomic E-state index is 0.0487. The number of nitrogens with zero attached hydrogens (tertiary/aromatic N) is 1. The fraction of sp³-hybridized carbons (Fsp3) is 0.462. The topological polar surface area (TPSA) is 20.3 Å². The summed E-state index contributed by atoms with van der Waals surface area (Å²) < 4.78 is 0. The van der Waals surface area contributed by atoms with E-state index >= 15 is 0 Å². The van der Waals surface area contributed by atoms with E-state index in [1.54, 1.807) is 0 Å². The van der Waals surface area contributed by atoms with E-state index in [-0.39, 0.29) is 5.91 Å². The van der Waals surface area contributed by atoms with Crippen LogP contribution in [0.3, 0.4) is 0 Å². The van der Waals surface area contributed by atoms with E-state index in [0.29, 0.717) is 0 Å². The molecule has 0 bridgehead atoms. The maximum atomic E-state index is 12.1. The third kappa shape index (κ3) is 2.56. The van der Waals surface area contributed by atoms with Crippen LogP contribution in [0.4, 0.5) is 0 Å². The second-order valence-corrected chi connectivity index (χ2v) is 4.60. The van der Waals surface area contributed by atoms with Crippen molar-refractivity contribution < 1.29 is 4.79 Å². The van der Waals surface area contributed by atoms with Crippen molar-refractivity contribution in [3.8, 4) is 0 Å². The number of hydrogen-bond acceptors (Lipinski definition) is 1. The van der Waals surface area contributed by atoms with Crippen LogP contribution >= 0.6 is 11.6 Å². The first-order valence-corrected chi connectivity index (χ1v) is 6.20. The minimum Gasteiger partial charge on any atom is -0.341 e. The van der Waals surface area contributed by atoms with E-state index in [9.17, 15) is 4.79 Å². The molecule has 2 nitrogen and oxygen atoms in total. The highest BCUT2D eigenvalue weighted by molar-refractivity contribution is 6.30. The molecule has 1 heterocycles. The van der Waals surface area contributed by atoms with Crippen molar-refractivity contribution in [2.45, 2.75) is 24.6 Å². The zero-order valence-corrected chi connectivity index (χ0v) is 9.99. The molecular formula is C13H16ClNO. The van der Waals surface area contributed by atoms with E-state index in [1.165, 1.54) is 6.42 Å². The van der Waals surface area contributed by atoms with Crippen LogP contribution in [0, 0.1) is 0 Å². The SMILES string of the molecule is O=C([C@@H](Cl)c1ccccc1)N1CCCCC1. The van der Waals surface area contributed by atoms with Crippen LogP contribution in [0.1, 0.15) is 30.2 Å². The van der Waals surface area contributed by atoms with Gasteiger partial charge < -0.3 is 4.90 Å². The number of alkyl halides is 1. The highest BCUT2D eigenvalue weighted by Crippen LogP contribution is 2.24. The lowest BCUT2D eigenvalue weighted by atomic mass is 10.1. The second kappa shape index (κ2) is 5.35. The lowest BCUT2D eigenvalue weighted by molar-refractivity contribution is -0.131. The van der Waals surface area contributed by atoms with Crippen molar-refractivity contribution in [1.29, 1.82) is 0 Å². The summed E-state index contributed by atoms with van der Waals surface area (Å²) in [6, 6.07) is 9.56. The molecule has 0 saturated carbocycles. The average Bonchev–Trinajstić information content (AvgIpc) is 2.39. The zero-order chi connectivity index (χ0) is 11.4. The summed E-state index contributed by atoms with van der Waals surface area (Å²) in [4.78, 5) is 14.0. The average molecular weight is 238 g/mol. The van der Waals surface area contributed by atoms with Gasteiger partial charge in [0.25, 0.3) is 0 Å². The van der Waals surface area contributed by atoms with Crippen molar-refractivity contribution in [3.05, 3.63) is 35.9 Å². The Bertz CT molecular complexity index is 346. The monoisotopic (exact) mass is 237 g/mol. The summed E-state index contributed by atoms with van der Waals surface area (Å²) in [5.41, 5.74) is 0.889. The molecular weight excluding hydrogens is 222 g/mol. The predicted molar refractivity (Wildman–Crippen MR) is 65.5 cm³/mol. The molecule has 1 aliphatic heterocycles. The van der Waals surface area contributed by atoms with Crippen LogP contribution in [-0.4, -0.2) is 23.9 Å². The Balaban J connectivity index is 2.04. The summed E-state index contributed by atoms with van der Waals surface area (Å²) in [7, 11) is 0. The summed E-state index contributed by atoms with van der Waals surface area (Å²) in [6.45, 7) is 1.71. The van der Waals surface area contributed by atoms with E-state index in [0.717, 1.165) is 31.5 Å². The summed E-state index contributed by atoms with van der Waals surface area (Å²) in [6.07, 6.45) is 3.43. The number of likely N-dealkylation sites (tertiary alicyclic amines) is 1. The fourth-order valence-corrected chi connectivity index (χ4v) is 2.32. The highest BCUT2D eigenvalue weighted by Gasteiger charge is 2.24. The zero-order valence-electron chi connectivity index (χ0n) is 9.23. The smallest absolute Gasteiger partial charge is 0.245 e.